The number of para-hydroxylation sites is 1. The van der Waals surface area contributed by atoms with Crippen LogP contribution in [0.25, 0.3) is 21.7 Å². The van der Waals surface area contributed by atoms with Crippen LogP contribution in [0.5, 0.6) is 0 Å². The van der Waals surface area contributed by atoms with Gasteiger partial charge >= 0.3 is 5.69 Å². The second kappa shape index (κ2) is 8.43. The molecule has 1 aliphatic heterocycles. The van der Waals surface area contributed by atoms with Gasteiger partial charge in [0.1, 0.15) is 6.54 Å². The molecule has 2 heterocycles. The van der Waals surface area contributed by atoms with Crippen LogP contribution in [0.3, 0.4) is 0 Å². The van der Waals surface area contributed by atoms with Gasteiger partial charge in [0.25, 0.3) is 5.56 Å². The summed E-state index contributed by atoms with van der Waals surface area (Å²) in [7, 11) is 0. The number of hydrogen-bond donors (Lipinski definition) is 1. The Hall–Kier alpha value is -3.71. The van der Waals surface area contributed by atoms with Crippen molar-refractivity contribution in [2.75, 3.05) is 26.2 Å². The third-order valence-electron chi connectivity index (χ3n) is 6.20. The van der Waals surface area contributed by atoms with Gasteiger partial charge in [-0.1, -0.05) is 54.6 Å². The first-order chi connectivity index (χ1) is 15.6. The van der Waals surface area contributed by atoms with Gasteiger partial charge in [0, 0.05) is 32.7 Å². The first kappa shape index (κ1) is 20.2. The summed E-state index contributed by atoms with van der Waals surface area (Å²) in [6.45, 7) is 3.53. The summed E-state index contributed by atoms with van der Waals surface area (Å²) < 4.78 is 1.35. The topological polar surface area (TPSA) is 78.4 Å². The Labute approximate surface area is 184 Å². The number of benzene rings is 3. The molecule has 0 radical (unpaired) electrons. The number of nitrogens with zero attached hydrogens (tertiary/aromatic N) is 3. The zero-order chi connectivity index (χ0) is 22.1. The number of carbonyl (C=O) groups is 1. The van der Waals surface area contributed by atoms with Crippen molar-refractivity contribution in [1.82, 2.24) is 19.4 Å². The van der Waals surface area contributed by atoms with E-state index < -0.39 is 11.2 Å². The van der Waals surface area contributed by atoms with E-state index in [0.717, 1.165) is 19.6 Å². The zero-order valence-corrected chi connectivity index (χ0v) is 17.7. The molecule has 0 bridgehead atoms. The number of carbonyl (C=O) groups excluding carboxylic acids is 1. The molecule has 32 heavy (non-hydrogen) atoms. The number of H-pyrrole nitrogens is 1. The molecule has 0 spiro atoms. The Balaban J connectivity index is 1.27. The number of nitrogens with one attached hydrogen (secondary N) is 1. The molecule has 0 atom stereocenters. The van der Waals surface area contributed by atoms with Crippen LogP contribution in [0.4, 0.5) is 0 Å². The fraction of sp³-hybridized carbons (Fsp3) is 0.240. The zero-order valence-electron chi connectivity index (χ0n) is 17.7. The molecule has 1 N–H and O–H groups in total. The molecule has 1 saturated heterocycles. The number of aromatic amines is 1. The smallest absolute Gasteiger partial charge is 0.329 e. The maximum Gasteiger partial charge on any atom is 0.329 e. The molecular formula is C25H24N4O3. The average Bonchev–Trinajstić information content (AvgIpc) is 2.82. The van der Waals surface area contributed by atoms with E-state index >= 15 is 0 Å². The van der Waals surface area contributed by atoms with E-state index in [1.54, 1.807) is 29.2 Å². The van der Waals surface area contributed by atoms with Crippen molar-refractivity contribution < 1.29 is 4.79 Å². The number of amides is 1. The summed E-state index contributed by atoms with van der Waals surface area (Å²) >= 11 is 0. The molecule has 0 unspecified atom stereocenters. The van der Waals surface area contributed by atoms with Crippen LogP contribution in [0.2, 0.25) is 0 Å². The lowest BCUT2D eigenvalue weighted by Gasteiger charge is -2.35. The van der Waals surface area contributed by atoms with E-state index in [1.807, 2.05) is 6.07 Å². The van der Waals surface area contributed by atoms with Crippen molar-refractivity contribution in [2.45, 2.75) is 13.1 Å². The highest BCUT2D eigenvalue weighted by Crippen LogP contribution is 2.20. The number of piperazine rings is 1. The van der Waals surface area contributed by atoms with Crippen LogP contribution in [-0.2, 0) is 17.9 Å². The summed E-state index contributed by atoms with van der Waals surface area (Å²) in [5, 5.41) is 2.90. The van der Waals surface area contributed by atoms with E-state index in [4.69, 9.17) is 0 Å². The van der Waals surface area contributed by atoms with Crippen LogP contribution < -0.4 is 11.2 Å². The molecule has 0 saturated carbocycles. The lowest BCUT2D eigenvalue weighted by Crippen LogP contribution is -2.49. The number of rotatable bonds is 4. The molecule has 5 rings (SSSR count). The van der Waals surface area contributed by atoms with Gasteiger partial charge in [-0.05, 0) is 28.5 Å². The summed E-state index contributed by atoms with van der Waals surface area (Å²) in [5.41, 5.74) is 0.770. The van der Waals surface area contributed by atoms with E-state index in [1.165, 1.54) is 20.9 Å². The Kier molecular flexibility index (Phi) is 5.33. The third-order valence-corrected chi connectivity index (χ3v) is 6.20. The minimum Gasteiger partial charge on any atom is -0.339 e. The van der Waals surface area contributed by atoms with Gasteiger partial charge in [-0.2, -0.15) is 0 Å². The molecule has 162 valence electrons. The van der Waals surface area contributed by atoms with Crippen LogP contribution in [0.1, 0.15) is 5.56 Å². The fourth-order valence-corrected chi connectivity index (χ4v) is 4.46. The van der Waals surface area contributed by atoms with Crippen LogP contribution >= 0.6 is 0 Å². The maximum atomic E-state index is 12.9. The third kappa shape index (κ3) is 3.83. The normalized spacial score (nSPS) is 14.8. The van der Waals surface area contributed by atoms with E-state index in [0.29, 0.717) is 24.0 Å². The van der Waals surface area contributed by atoms with Gasteiger partial charge in [0.2, 0.25) is 5.91 Å². The SMILES string of the molecule is O=C(Cn1c(=O)[nH]c(=O)c2ccccc21)N1CCN(Cc2cccc3ccccc23)CC1. The Morgan fingerprint density at radius 1 is 0.812 bits per heavy atom. The van der Waals surface area contributed by atoms with Gasteiger partial charge < -0.3 is 4.90 Å². The summed E-state index contributed by atoms with van der Waals surface area (Å²) in [6, 6.07) is 21.6. The van der Waals surface area contributed by atoms with Crippen LogP contribution in [-0.4, -0.2) is 51.4 Å². The monoisotopic (exact) mass is 428 g/mol. The van der Waals surface area contributed by atoms with Crippen molar-refractivity contribution in [3.8, 4) is 0 Å². The maximum absolute atomic E-state index is 12.9. The molecule has 1 amide bonds. The lowest BCUT2D eigenvalue weighted by molar-refractivity contribution is -0.133. The summed E-state index contributed by atoms with van der Waals surface area (Å²) in [4.78, 5) is 43.8. The average molecular weight is 428 g/mol. The van der Waals surface area contributed by atoms with Gasteiger partial charge in [-0.3, -0.25) is 24.0 Å². The van der Waals surface area contributed by atoms with Gasteiger partial charge in [-0.25, -0.2) is 4.79 Å². The molecule has 1 aromatic heterocycles. The molecule has 4 aromatic rings. The predicted octanol–water partition coefficient (Wildman–Crippen LogP) is 2.19. The predicted molar refractivity (Wildman–Crippen MR) is 125 cm³/mol. The molecular weight excluding hydrogens is 404 g/mol. The standard InChI is InChI=1S/C25H24N4O3/c30-23(17-29-22-11-4-3-10-21(22)24(31)26-25(29)32)28-14-12-27(13-15-28)16-19-8-5-7-18-6-1-2-9-20(18)19/h1-11H,12-17H2,(H,26,31,32). The second-order valence-corrected chi connectivity index (χ2v) is 8.16. The van der Waals surface area contributed by atoms with Gasteiger partial charge in [0.15, 0.2) is 0 Å². The highest BCUT2D eigenvalue weighted by molar-refractivity contribution is 5.85. The van der Waals surface area contributed by atoms with E-state index in [-0.39, 0.29) is 12.5 Å². The number of aromatic nitrogens is 2. The van der Waals surface area contributed by atoms with Crippen molar-refractivity contribution in [3.05, 3.63) is 93.1 Å². The molecule has 1 aliphatic rings. The Bertz CT molecular complexity index is 1410. The van der Waals surface area contributed by atoms with Crippen molar-refractivity contribution in [3.63, 3.8) is 0 Å². The van der Waals surface area contributed by atoms with Crippen LogP contribution in [0, 0.1) is 0 Å². The molecule has 7 heteroatoms. The molecule has 3 aromatic carbocycles. The minimum atomic E-state index is -0.559. The van der Waals surface area contributed by atoms with E-state index in [9.17, 15) is 14.4 Å². The second-order valence-electron chi connectivity index (χ2n) is 8.16. The van der Waals surface area contributed by atoms with Crippen molar-refractivity contribution in [2.24, 2.45) is 0 Å². The summed E-state index contributed by atoms with van der Waals surface area (Å²) in [5.74, 6) is -0.117. The molecule has 7 nitrogen and oxygen atoms in total. The van der Waals surface area contributed by atoms with E-state index in [2.05, 4.69) is 46.3 Å². The van der Waals surface area contributed by atoms with Crippen molar-refractivity contribution >= 4 is 27.6 Å². The lowest BCUT2D eigenvalue weighted by atomic mass is 10.0. The molecule has 1 fully saturated rings. The van der Waals surface area contributed by atoms with Gasteiger partial charge in [-0.15, -0.1) is 0 Å². The fourth-order valence-electron chi connectivity index (χ4n) is 4.46. The first-order valence-electron chi connectivity index (χ1n) is 10.8. The highest BCUT2D eigenvalue weighted by atomic mass is 16.2. The quantitative estimate of drug-likeness (QED) is 0.541. The largest absolute Gasteiger partial charge is 0.339 e. The van der Waals surface area contributed by atoms with Crippen molar-refractivity contribution in [1.29, 1.82) is 0 Å². The number of fused-ring (bicyclic) bond motifs is 2. The first-order valence-corrected chi connectivity index (χ1v) is 10.8. The van der Waals surface area contributed by atoms with Gasteiger partial charge in [0.05, 0.1) is 10.9 Å². The Morgan fingerprint density at radius 3 is 2.31 bits per heavy atom. The van der Waals surface area contributed by atoms with Crippen LogP contribution in [0.15, 0.2) is 76.3 Å². The molecule has 0 aliphatic carbocycles. The minimum absolute atomic E-state index is 0.0839. The Morgan fingerprint density at radius 2 is 1.50 bits per heavy atom. The summed E-state index contributed by atoms with van der Waals surface area (Å²) in [6.07, 6.45) is 0. The highest BCUT2D eigenvalue weighted by Gasteiger charge is 2.22. The number of hydrogen-bond acceptors (Lipinski definition) is 4.